The minimum Gasteiger partial charge on any atom is -0.357 e. The SMILES string of the molecule is CNc1nc(C)cc(Nc2ccccc2Br)n1. The molecular formula is C12H13BrN4. The highest BCUT2D eigenvalue weighted by molar-refractivity contribution is 9.10. The van der Waals surface area contributed by atoms with Gasteiger partial charge in [-0.25, -0.2) is 4.98 Å². The first-order valence-electron chi connectivity index (χ1n) is 5.24. The van der Waals surface area contributed by atoms with E-state index in [2.05, 4.69) is 36.5 Å². The van der Waals surface area contributed by atoms with Gasteiger partial charge in [0.25, 0.3) is 0 Å². The second kappa shape index (κ2) is 5.14. The molecule has 0 atom stereocenters. The lowest BCUT2D eigenvalue weighted by Crippen LogP contribution is -2.02. The quantitative estimate of drug-likeness (QED) is 0.911. The van der Waals surface area contributed by atoms with Gasteiger partial charge in [-0.05, 0) is 35.0 Å². The van der Waals surface area contributed by atoms with Gasteiger partial charge in [0.1, 0.15) is 5.82 Å². The molecule has 4 nitrogen and oxygen atoms in total. The van der Waals surface area contributed by atoms with Crippen molar-refractivity contribution in [2.75, 3.05) is 17.7 Å². The van der Waals surface area contributed by atoms with E-state index < -0.39 is 0 Å². The number of nitrogens with one attached hydrogen (secondary N) is 2. The fourth-order valence-electron chi connectivity index (χ4n) is 1.44. The summed E-state index contributed by atoms with van der Waals surface area (Å²) in [5.41, 5.74) is 1.89. The average molecular weight is 293 g/mol. The summed E-state index contributed by atoms with van der Waals surface area (Å²) in [6.07, 6.45) is 0. The van der Waals surface area contributed by atoms with E-state index in [4.69, 9.17) is 0 Å². The van der Waals surface area contributed by atoms with E-state index in [1.165, 1.54) is 0 Å². The first-order valence-corrected chi connectivity index (χ1v) is 6.03. The largest absolute Gasteiger partial charge is 0.357 e. The molecule has 0 radical (unpaired) electrons. The van der Waals surface area contributed by atoms with Crippen molar-refractivity contribution in [2.45, 2.75) is 6.92 Å². The summed E-state index contributed by atoms with van der Waals surface area (Å²) in [7, 11) is 1.80. The van der Waals surface area contributed by atoms with Crippen molar-refractivity contribution in [3.05, 3.63) is 40.5 Å². The molecule has 0 amide bonds. The summed E-state index contributed by atoms with van der Waals surface area (Å²) >= 11 is 3.49. The Morgan fingerprint density at radius 3 is 2.65 bits per heavy atom. The molecule has 0 aliphatic carbocycles. The predicted octanol–water partition coefficient (Wildman–Crippen LogP) is 3.33. The summed E-state index contributed by atoms with van der Waals surface area (Å²) in [6, 6.07) is 9.82. The van der Waals surface area contributed by atoms with Crippen molar-refractivity contribution >= 4 is 33.4 Å². The summed E-state index contributed by atoms with van der Waals surface area (Å²) in [6.45, 7) is 1.94. The maximum atomic E-state index is 4.33. The van der Waals surface area contributed by atoms with Crippen LogP contribution in [0.25, 0.3) is 0 Å². The van der Waals surface area contributed by atoms with Crippen LogP contribution < -0.4 is 10.6 Å². The third kappa shape index (κ3) is 2.94. The second-order valence-electron chi connectivity index (χ2n) is 3.57. The molecule has 0 saturated carbocycles. The molecule has 0 aliphatic heterocycles. The lowest BCUT2D eigenvalue weighted by atomic mass is 10.3. The highest BCUT2D eigenvalue weighted by Crippen LogP contribution is 2.24. The average Bonchev–Trinajstić information content (AvgIpc) is 2.31. The molecule has 1 aromatic heterocycles. The Morgan fingerprint density at radius 2 is 1.94 bits per heavy atom. The number of halogens is 1. The molecular weight excluding hydrogens is 280 g/mol. The van der Waals surface area contributed by atoms with E-state index in [1.54, 1.807) is 7.05 Å². The molecule has 88 valence electrons. The molecule has 5 heteroatoms. The number of aromatic nitrogens is 2. The van der Waals surface area contributed by atoms with Crippen LogP contribution in [0.15, 0.2) is 34.8 Å². The third-order valence-electron chi connectivity index (χ3n) is 2.21. The highest BCUT2D eigenvalue weighted by atomic mass is 79.9. The number of anilines is 3. The number of nitrogens with zero attached hydrogens (tertiary/aromatic N) is 2. The zero-order valence-corrected chi connectivity index (χ0v) is 11.2. The van der Waals surface area contributed by atoms with Crippen molar-refractivity contribution in [1.29, 1.82) is 0 Å². The summed E-state index contributed by atoms with van der Waals surface area (Å²) in [5.74, 6) is 1.38. The maximum absolute atomic E-state index is 4.33. The zero-order chi connectivity index (χ0) is 12.3. The van der Waals surface area contributed by atoms with Crippen molar-refractivity contribution in [2.24, 2.45) is 0 Å². The van der Waals surface area contributed by atoms with E-state index >= 15 is 0 Å². The van der Waals surface area contributed by atoms with Crippen molar-refractivity contribution < 1.29 is 0 Å². The van der Waals surface area contributed by atoms with Crippen molar-refractivity contribution in [3.63, 3.8) is 0 Å². The lowest BCUT2D eigenvalue weighted by molar-refractivity contribution is 1.10. The van der Waals surface area contributed by atoms with Gasteiger partial charge in [0.05, 0.1) is 5.69 Å². The summed E-state index contributed by atoms with van der Waals surface area (Å²) < 4.78 is 1.00. The highest BCUT2D eigenvalue weighted by Gasteiger charge is 2.03. The lowest BCUT2D eigenvalue weighted by Gasteiger charge is -2.09. The Morgan fingerprint density at radius 1 is 1.18 bits per heavy atom. The Bertz CT molecular complexity index is 528. The van der Waals surface area contributed by atoms with Crippen LogP contribution >= 0.6 is 15.9 Å². The van der Waals surface area contributed by atoms with E-state index in [0.717, 1.165) is 21.7 Å². The van der Waals surface area contributed by atoms with Crippen molar-refractivity contribution in [3.8, 4) is 0 Å². The molecule has 0 spiro atoms. The fourth-order valence-corrected chi connectivity index (χ4v) is 1.83. The molecule has 0 fully saturated rings. The standard InChI is InChI=1S/C12H13BrN4/c1-8-7-11(17-12(14-2)15-8)16-10-6-4-3-5-9(10)13/h3-7H,1-2H3,(H2,14,15,16,17). The number of para-hydroxylation sites is 1. The zero-order valence-electron chi connectivity index (χ0n) is 9.66. The summed E-state index contributed by atoms with van der Waals surface area (Å²) in [5, 5.41) is 6.18. The van der Waals surface area contributed by atoms with Crippen LogP contribution in [0.3, 0.4) is 0 Å². The Balaban J connectivity index is 2.30. The molecule has 2 rings (SSSR count). The number of hydrogen-bond donors (Lipinski definition) is 2. The van der Waals surface area contributed by atoms with Crippen LogP contribution in [0.4, 0.5) is 17.5 Å². The minimum absolute atomic E-state index is 0.611. The Labute approximate surface area is 109 Å². The fraction of sp³-hybridized carbons (Fsp3) is 0.167. The van der Waals surface area contributed by atoms with Crippen molar-refractivity contribution in [1.82, 2.24) is 9.97 Å². The molecule has 1 aromatic carbocycles. The number of aryl methyl sites for hydroxylation is 1. The number of hydrogen-bond acceptors (Lipinski definition) is 4. The summed E-state index contributed by atoms with van der Waals surface area (Å²) in [4.78, 5) is 8.58. The van der Waals surface area contributed by atoms with Gasteiger partial charge >= 0.3 is 0 Å². The van der Waals surface area contributed by atoms with Gasteiger partial charge in [-0.1, -0.05) is 12.1 Å². The van der Waals surface area contributed by atoms with Crippen LogP contribution in [0.5, 0.6) is 0 Å². The topological polar surface area (TPSA) is 49.8 Å². The molecule has 17 heavy (non-hydrogen) atoms. The Kier molecular flexibility index (Phi) is 3.58. The molecule has 2 N–H and O–H groups in total. The Hall–Kier alpha value is -1.62. The van der Waals surface area contributed by atoms with Crippen LogP contribution in [0.2, 0.25) is 0 Å². The van der Waals surface area contributed by atoms with Gasteiger partial charge < -0.3 is 10.6 Å². The van der Waals surface area contributed by atoms with Gasteiger partial charge in [-0.3, -0.25) is 0 Å². The van der Waals surface area contributed by atoms with E-state index in [1.807, 2.05) is 37.3 Å². The van der Waals surface area contributed by atoms with Crippen LogP contribution in [0.1, 0.15) is 5.69 Å². The van der Waals surface area contributed by atoms with Crippen LogP contribution in [-0.4, -0.2) is 17.0 Å². The molecule has 0 saturated heterocycles. The second-order valence-corrected chi connectivity index (χ2v) is 4.43. The van der Waals surface area contributed by atoms with E-state index in [0.29, 0.717) is 5.95 Å². The maximum Gasteiger partial charge on any atom is 0.224 e. The molecule has 0 unspecified atom stereocenters. The van der Waals surface area contributed by atoms with Gasteiger partial charge in [0, 0.05) is 23.3 Å². The normalized spacial score (nSPS) is 10.1. The minimum atomic E-state index is 0.611. The van der Waals surface area contributed by atoms with Gasteiger partial charge in [0.15, 0.2) is 0 Å². The number of benzene rings is 1. The van der Waals surface area contributed by atoms with Gasteiger partial charge in [-0.15, -0.1) is 0 Å². The van der Waals surface area contributed by atoms with Gasteiger partial charge in [-0.2, -0.15) is 4.98 Å². The molecule has 2 aromatic rings. The smallest absolute Gasteiger partial charge is 0.224 e. The monoisotopic (exact) mass is 292 g/mol. The van der Waals surface area contributed by atoms with Crippen LogP contribution in [0, 0.1) is 6.92 Å². The van der Waals surface area contributed by atoms with E-state index in [-0.39, 0.29) is 0 Å². The molecule has 0 aliphatic rings. The van der Waals surface area contributed by atoms with Crippen LogP contribution in [-0.2, 0) is 0 Å². The predicted molar refractivity (Wildman–Crippen MR) is 73.7 cm³/mol. The first kappa shape index (κ1) is 11.9. The molecule has 1 heterocycles. The van der Waals surface area contributed by atoms with Gasteiger partial charge in [0.2, 0.25) is 5.95 Å². The van der Waals surface area contributed by atoms with E-state index in [9.17, 15) is 0 Å². The first-order chi connectivity index (χ1) is 8.19. The number of rotatable bonds is 3. The third-order valence-corrected chi connectivity index (χ3v) is 2.91. The molecule has 0 bridgehead atoms.